The van der Waals surface area contributed by atoms with Crippen LogP contribution in [0.2, 0.25) is 0 Å². The van der Waals surface area contributed by atoms with Gasteiger partial charge in [0.1, 0.15) is 0 Å². The Kier molecular flexibility index (Phi) is 7.13. The number of hydrogen-bond acceptors (Lipinski definition) is 6. The van der Waals surface area contributed by atoms with Gasteiger partial charge in [-0.15, -0.1) is 10.2 Å². The number of carbonyl (C=O) groups excluding carboxylic acids is 2. The van der Waals surface area contributed by atoms with Crippen LogP contribution in [0.1, 0.15) is 36.2 Å². The molecule has 0 aliphatic heterocycles. The van der Waals surface area contributed by atoms with Crippen molar-refractivity contribution in [3.8, 4) is 11.4 Å². The highest BCUT2D eigenvalue weighted by molar-refractivity contribution is 7.99. The lowest BCUT2D eigenvalue weighted by molar-refractivity contribution is -0.119. The van der Waals surface area contributed by atoms with E-state index in [0.717, 1.165) is 35.1 Å². The van der Waals surface area contributed by atoms with Gasteiger partial charge in [0, 0.05) is 43.5 Å². The van der Waals surface area contributed by atoms with Crippen molar-refractivity contribution >= 4 is 23.5 Å². The average molecular weight is 410 g/mol. The van der Waals surface area contributed by atoms with Crippen molar-refractivity contribution in [2.24, 2.45) is 0 Å². The Morgan fingerprint density at radius 3 is 2.45 bits per heavy atom. The second kappa shape index (κ2) is 9.97. The molecule has 7 nitrogen and oxygen atoms in total. The lowest BCUT2D eigenvalue weighted by atomic mass is 10.1. The van der Waals surface area contributed by atoms with Crippen LogP contribution in [0, 0.1) is 0 Å². The molecule has 1 N–H and O–H groups in total. The first-order chi connectivity index (χ1) is 14.1. The summed E-state index contributed by atoms with van der Waals surface area (Å²) < 4.78 is 2.05. The summed E-state index contributed by atoms with van der Waals surface area (Å²) in [7, 11) is 0. The van der Waals surface area contributed by atoms with E-state index in [1.54, 1.807) is 24.5 Å². The molecule has 0 spiro atoms. The maximum absolute atomic E-state index is 12.6. The third-order valence-electron chi connectivity index (χ3n) is 4.25. The molecular formula is C21H23N5O2S. The molecular weight excluding hydrogens is 386 g/mol. The number of nitrogens with one attached hydrogen (secondary N) is 1. The lowest BCUT2D eigenvalue weighted by Gasteiger charge is -2.09. The average Bonchev–Trinajstić information content (AvgIpc) is 3.14. The van der Waals surface area contributed by atoms with E-state index in [9.17, 15) is 9.59 Å². The zero-order valence-electron chi connectivity index (χ0n) is 16.5. The molecule has 0 aliphatic carbocycles. The third kappa shape index (κ3) is 5.51. The van der Waals surface area contributed by atoms with E-state index < -0.39 is 0 Å². The number of pyridine rings is 1. The number of hydrogen-bond donors (Lipinski definition) is 1. The minimum Gasteiger partial charge on any atom is -0.352 e. The molecule has 1 aromatic carbocycles. The van der Waals surface area contributed by atoms with Crippen molar-refractivity contribution in [2.75, 3.05) is 5.75 Å². The summed E-state index contributed by atoms with van der Waals surface area (Å²) in [5, 5.41) is 12.1. The van der Waals surface area contributed by atoms with Crippen LogP contribution in [0.3, 0.4) is 0 Å². The van der Waals surface area contributed by atoms with Gasteiger partial charge in [0.05, 0.1) is 5.75 Å². The number of aromatic nitrogens is 4. The van der Waals surface area contributed by atoms with E-state index in [2.05, 4.69) is 27.4 Å². The first-order valence-corrected chi connectivity index (χ1v) is 10.4. The molecule has 2 aromatic heterocycles. The Labute approximate surface area is 174 Å². The normalized spacial score (nSPS) is 10.7. The fourth-order valence-corrected chi connectivity index (χ4v) is 3.64. The van der Waals surface area contributed by atoms with Crippen molar-refractivity contribution in [1.29, 1.82) is 0 Å². The number of nitrogens with zero attached hydrogens (tertiary/aromatic N) is 4. The van der Waals surface area contributed by atoms with Gasteiger partial charge in [-0.3, -0.25) is 14.6 Å². The number of thioether (sulfide) groups is 1. The largest absolute Gasteiger partial charge is 0.352 e. The first kappa shape index (κ1) is 20.7. The van der Waals surface area contributed by atoms with E-state index >= 15 is 0 Å². The van der Waals surface area contributed by atoms with Crippen LogP contribution in [0.4, 0.5) is 0 Å². The maximum atomic E-state index is 12.6. The zero-order valence-corrected chi connectivity index (χ0v) is 17.3. The van der Waals surface area contributed by atoms with Gasteiger partial charge in [-0.2, -0.15) is 0 Å². The van der Waals surface area contributed by atoms with Gasteiger partial charge >= 0.3 is 0 Å². The minimum atomic E-state index is -0.0797. The molecule has 2 heterocycles. The van der Waals surface area contributed by atoms with E-state index in [1.165, 1.54) is 18.7 Å². The molecule has 0 bridgehead atoms. The zero-order chi connectivity index (χ0) is 20.6. The number of Topliss-reactive ketones (excluding diaryl/α,β-unsaturated/α-hetero) is 1. The van der Waals surface area contributed by atoms with Gasteiger partial charge in [-0.05, 0) is 24.1 Å². The SMILES string of the molecule is CCCn1c(SCC(=O)c2ccc(CNC(C)=O)cc2)nnc1-c1ccncc1. The molecule has 1 amide bonds. The predicted molar refractivity (Wildman–Crippen MR) is 113 cm³/mol. The molecule has 0 saturated carbocycles. The van der Waals surface area contributed by atoms with Crippen molar-refractivity contribution in [3.05, 3.63) is 59.9 Å². The van der Waals surface area contributed by atoms with Crippen molar-refractivity contribution in [2.45, 2.75) is 38.5 Å². The van der Waals surface area contributed by atoms with Gasteiger partial charge in [-0.25, -0.2) is 0 Å². The standard InChI is InChI=1S/C21H23N5O2S/c1-3-12-26-20(18-8-10-22-11-9-18)24-25-21(26)29-14-19(28)17-6-4-16(5-7-17)13-23-15(2)27/h4-11H,3,12-14H2,1-2H3,(H,23,27). The van der Waals surface area contributed by atoms with Gasteiger partial charge < -0.3 is 9.88 Å². The molecule has 0 aliphatic rings. The predicted octanol–water partition coefficient (Wildman–Crippen LogP) is 3.36. The smallest absolute Gasteiger partial charge is 0.217 e. The number of carbonyl (C=O) groups is 2. The lowest BCUT2D eigenvalue weighted by Crippen LogP contribution is -2.18. The van der Waals surface area contributed by atoms with E-state index in [1.807, 2.05) is 28.8 Å². The Morgan fingerprint density at radius 1 is 1.07 bits per heavy atom. The Hall–Kier alpha value is -3.00. The molecule has 0 fully saturated rings. The number of rotatable bonds is 9. The highest BCUT2D eigenvalue weighted by Crippen LogP contribution is 2.24. The molecule has 0 radical (unpaired) electrons. The number of benzene rings is 1. The molecule has 0 saturated heterocycles. The highest BCUT2D eigenvalue weighted by atomic mass is 32.2. The third-order valence-corrected chi connectivity index (χ3v) is 5.22. The molecule has 29 heavy (non-hydrogen) atoms. The van der Waals surface area contributed by atoms with Crippen LogP contribution in [0.5, 0.6) is 0 Å². The molecule has 3 aromatic rings. The van der Waals surface area contributed by atoms with Crippen LogP contribution >= 0.6 is 11.8 Å². The summed E-state index contributed by atoms with van der Waals surface area (Å²) in [6.07, 6.45) is 4.39. The highest BCUT2D eigenvalue weighted by Gasteiger charge is 2.16. The monoisotopic (exact) mass is 409 g/mol. The molecule has 0 atom stereocenters. The molecule has 8 heteroatoms. The van der Waals surface area contributed by atoms with E-state index in [0.29, 0.717) is 12.1 Å². The summed E-state index contributed by atoms with van der Waals surface area (Å²) >= 11 is 1.39. The van der Waals surface area contributed by atoms with Crippen molar-refractivity contribution in [1.82, 2.24) is 25.1 Å². The topological polar surface area (TPSA) is 89.8 Å². The minimum absolute atomic E-state index is 0.0255. The van der Waals surface area contributed by atoms with Crippen LogP contribution in [0.25, 0.3) is 11.4 Å². The number of amides is 1. The summed E-state index contributed by atoms with van der Waals surface area (Å²) in [5.41, 5.74) is 2.54. The van der Waals surface area contributed by atoms with Gasteiger partial charge in [0.2, 0.25) is 5.91 Å². The fourth-order valence-electron chi connectivity index (χ4n) is 2.78. The van der Waals surface area contributed by atoms with E-state index in [-0.39, 0.29) is 17.4 Å². The van der Waals surface area contributed by atoms with Gasteiger partial charge in [0.25, 0.3) is 0 Å². The second-order valence-electron chi connectivity index (χ2n) is 6.51. The molecule has 150 valence electrons. The summed E-state index contributed by atoms with van der Waals surface area (Å²) in [6, 6.07) is 11.1. The summed E-state index contributed by atoms with van der Waals surface area (Å²) in [4.78, 5) is 27.6. The van der Waals surface area contributed by atoms with Crippen molar-refractivity contribution < 1.29 is 9.59 Å². The Morgan fingerprint density at radius 2 is 1.79 bits per heavy atom. The summed E-state index contributed by atoms with van der Waals surface area (Å²) in [5.74, 6) is 1.01. The van der Waals surface area contributed by atoms with Crippen LogP contribution < -0.4 is 5.32 Å². The fraction of sp³-hybridized carbons (Fsp3) is 0.286. The Balaban J connectivity index is 1.67. The number of ketones is 1. The second-order valence-corrected chi connectivity index (χ2v) is 7.45. The van der Waals surface area contributed by atoms with Crippen LogP contribution in [-0.2, 0) is 17.9 Å². The molecule has 0 unspecified atom stereocenters. The maximum Gasteiger partial charge on any atom is 0.217 e. The van der Waals surface area contributed by atoms with Crippen molar-refractivity contribution in [3.63, 3.8) is 0 Å². The Bertz CT molecular complexity index is 970. The van der Waals surface area contributed by atoms with Crippen LogP contribution in [-0.4, -0.2) is 37.2 Å². The quantitative estimate of drug-likeness (QED) is 0.431. The molecule has 3 rings (SSSR count). The van der Waals surface area contributed by atoms with Gasteiger partial charge in [-0.1, -0.05) is 43.0 Å². The summed E-state index contributed by atoms with van der Waals surface area (Å²) in [6.45, 7) is 4.81. The van der Waals surface area contributed by atoms with E-state index in [4.69, 9.17) is 0 Å². The van der Waals surface area contributed by atoms with Crippen LogP contribution in [0.15, 0.2) is 53.9 Å². The first-order valence-electron chi connectivity index (χ1n) is 9.41. The van der Waals surface area contributed by atoms with Gasteiger partial charge in [0.15, 0.2) is 16.8 Å².